The number of carbonyl (C=O) groups excluding carboxylic acids is 2. The Bertz CT molecular complexity index is 1350. The van der Waals surface area contributed by atoms with Gasteiger partial charge in [-0.15, -0.1) is 0 Å². The molecule has 0 bridgehead atoms. The summed E-state index contributed by atoms with van der Waals surface area (Å²) in [4.78, 5) is 40.7. The van der Waals surface area contributed by atoms with Gasteiger partial charge in [-0.1, -0.05) is 60.7 Å². The van der Waals surface area contributed by atoms with E-state index in [0.29, 0.717) is 31.5 Å². The number of fused-ring (bicyclic) bond motifs is 1. The molecule has 2 atom stereocenters. The van der Waals surface area contributed by atoms with Crippen LogP contribution in [0, 0.1) is 0 Å². The summed E-state index contributed by atoms with van der Waals surface area (Å²) in [5.41, 5.74) is 18.6. The van der Waals surface area contributed by atoms with Crippen LogP contribution in [0.5, 0.6) is 0 Å². The second-order valence-electron chi connectivity index (χ2n) is 9.06. The zero-order valence-electron chi connectivity index (χ0n) is 22.3. The SMILES string of the molecule is CN(C(=O)[C@@H](N)Cc1ccccc1)[C@@H](CCCN=C(N)N)C(=O)Nc1ccc2ccccc2c1.O=C(O)C(F)(F)F. The summed E-state index contributed by atoms with van der Waals surface area (Å²) in [5, 5.41) is 12.2. The molecule has 13 heteroatoms. The Morgan fingerprint density at radius 2 is 1.56 bits per heavy atom. The number of halogens is 3. The number of guanidine groups is 1. The fraction of sp³-hybridized carbons (Fsp3) is 0.286. The molecule has 0 aromatic heterocycles. The molecule has 8 N–H and O–H groups in total. The largest absolute Gasteiger partial charge is 0.490 e. The van der Waals surface area contributed by atoms with Gasteiger partial charge in [0.2, 0.25) is 11.8 Å². The molecule has 0 saturated heterocycles. The van der Waals surface area contributed by atoms with Crippen LogP contribution < -0.4 is 22.5 Å². The van der Waals surface area contributed by atoms with Gasteiger partial charge in [-0.2, -0.15) is 13.2 Å². The molecule has 0 aliphatic heterocycles. The lowest BCUT2D eigenvalue weighted by Gasteiger charge is -2.29. The van der Waals surface area contributed by atoms with E-state index in [0.717, 1.165) is 16.3 Å². The minimum Gasteiger partial charge on any atom is -0.475 e. The zero-order chi connectivity index (χ0) is 30.6. The third-order valence-electron chi connectivity index (χ3n) is 5.92. The monoisotopic (exact) mass is 574 g/mol. The second-order valence-corrected chi connectivity index (χ2v) is 9.06. The van der Waals surface area contributed by atoms with Crippen LogP contribution >= 0.6 is 0 Å². The highest BCUT2D eigenvalue weighted by atomic mass is 19.4. The summed E-state index contributed by atoms with van der Waals surface area (Å²) in [6.07, 6.45) is -3.78. The lowest BCUT2D eigenvalue weighted by atomic mass is 10.0. The average Bonchev–Trinajstić information content (AvgIpc) is 2.92. The van der Waals surface area contributed by atoms with E-state index in [4.69, 9.17) is 27.1 Å². The van der Waals surface area contributed by atoms with Gasteiger partial charge in [0.05, 0.1) is 6.04 Å². The number of carboxylic acid groups (broad SMARTS) is 1. The quantitative estimate of drug-likeness (QED) is 0.140. The van der Waals surface area contributed by atoms with Crippen LogP contribution in [0.3, 0.4) is 0 Å². The van der Waals surface area contributed by atoms with Gasteiger partial charge in [-0.25, -0.2) is 4.79 Å². The summed E-state index contributed by atoms with van der Waals surface area (Å²) in [6.45, 7) is 0.361. The fourth-order valence-electron chi connectivity index (χ4n) is 3.86. The number of benzene rings is 3. The van der Waals surface area contributed by atoms with E-state index in [1.54, 1.807) is 7.05 Å². The molecule has 3 rings (SSSR count). The van der Waals surface area contributed by atoms with Crippen molar-refractivity contribution in [3.05, 3.63) is 78.4 Å². The molecule has 3 aromatic rings. The number of anilines is 1. The van der Waals surface area contributed by atoms with Gasteiger partial charge in [0.15, 0.2) is 5.96 Å². The lowest BCUT2D eigenvalue weighted by molar-refractivity contribution is -0.192. The highest BCUT2D eigenvalue weighted by Gasteiger charge is 2.38. The number of carbonyl (C=O) groups is 3. The van der Waals surface area contributed by atoms with Crippen molar-refractivity contribution in [2.24, 2.45) is 22.2 Å². The summed E-state index contributed by atoms with van der Waals surface area (Å²) >= 11 is 0. The number of hydrogen-bond acceptors (Lipinski definition) is 5. The van der Waals surface area contributed by atoms with Crippen LogP contribution in [0.4, 0.5) is 18.9 Å². The van der Waals surface area contributed by atoms with Gasteiger partial charge in [0, 0.05) is 19.3 Å². The van der Waals surface area contributed by atoms with Gasteiger partial charge in [0.1, 0.15) is 6.04 Å². The Labute approximate surface area is 235 Å². The van der Waals surface area contributed by atoms with Gasteiger partial charge in [-0.3, -0.25) is 14.6 Å². The number of nitrogens with one attached hydrogen (secondary N) is 1. The Morgan fingerprint density at radius 3 is 2.15 bits per heavy atom. The van der Waals surface area contributed by atoms with E-state index in [2.05, 4.69) is 10.3 Å². The fourth-order valence-corrected chi connectivity index (χ4v) is 3.86. The first-order valence-electron chi connectivity index (χ1n) is 12.5. The summed E-state index contributed by atoms with van der Waals surface area (Å²) in [6, 6.07) is 21.7. The van der Waals surface area contributed by atoms with Gasteiger partial charge in [-0.05, 0) is 47.7 Å². The number of rotatable bonds is 10. The number of amides is 2. The Kier molecular flexibility index (Phi) is 12.1. The van der Waals surface area contributed by atoms with Crippen LogP contribution in [0.25, 0.3) is 10.8 Å². The molecule has 2 amide bonds. The molecular formula is C28H33F3N6O4. The maximum absolute atomic E-state index is 13.3. The molecule has 0 spiro atoms. The van der Waals surface area contributed by atoms with Gasteiger partial charge < -0.3 is 32.5 Å². The van der Waals surface area contributed by atoms with Crippen LogP contribution in [0.15, 0.2) is 77.8 Å². The Hall–Kier alpha value is -4.65. The lowest BCUT2D eigenvalue weighted by Crippen LogP contribution is -2.51. The number of aliphatic imine (C=N–C) groups is 1. The highest BCUT2D eigenvalue weighted by Crippen LogP contribution is 2.20. The molecule has 0 saturated carbocycles. The van der Waals surface area contributed by atoms with Gasteiger partial charge >= 0.3 is 12.1 Å². The maximum Gasteiger partial charge on any atom is 0.490 e. The summed E-state index contributed by atoms with van der Waals surface area (Å²) in [5.74, 6) is -3.36. The first-order valence-corrected chi connectivity index (χ1v) is 12.5. The molecule has 0 heterocycles. The number of nitrogens with two attached hydrogens (primary N) is 3. The highest BCUT2D eigenvalue weighted by molar-refractivity contribution is 5.99. The standard InChI is InChI=1S/C26H32N6O2.C2HF3O2/c1-32(25(34)22(27)16-18-8-3-2-4-9-18)23(12-7-15-30-26(28)29)24(33)31-21-14-13-19-10-5-6-11-20(19)17-21;3-2(4,5)1(6)7/h2-6,8-11,13-14,17,22-23H,7,12,15-16,27H2,1H3,(H,31,33)(H4,28,29,30);(H,6,7)/t22-,23-;/m0./s1. The molecule has 41 heavy (non-hydrogen) atoms. The minimum atomic E-state index is -5.08. The maximum atomic E-state index is 13.3. The van der Waals surface area contributed by atoms with E-state index in [-0.39, 0.29) is 17.8 Å². The third-order valence-corrected chi connectivity index (χ3v) is 5.92. The van der Waals surface area contributed by atoms with Gasteiger partial charge in [0.25, 0.3) is 0 Å². The number of hydrogen-bond donors (Lipinski definition) is 5. The predicted molar refractivity (Wildman–Crippen MR) is 151 cm³/mol. The summed E-state index contributed by atoms with van der Waals surface area (Å²) < 4.78 is 31.7. The number of aliphatic carboxylic acids is 1. The Balaban J connectivity index is 0.000000745. The second kappa shape index (κ2) is 15.2. The molecule has 220 valence electrons. The molecule has 3 aromatic carbocycles. The van der Waals surface area contributed by atoms with E-state index in [9.17, 15) is 22.8 Å². The van der Waals surface area contributed by atoms with E-state index in [1.807, 2.05) is 72.8 Å². The summed E-state index contributed by atoms with van der Waals surface area (Å²) in [7, 11) is 1.61. The van der Waals surface area contributed by atoms with Crippen molar-refractivity contribution in [3.8, 4) is 0 Å². The normalized spacial score (nSPS) is 12.3. The average molecular weight is 575 g/mol. The van der Waals surface area contributed by atoms with Crippen LogP contribution in [0.2, 0.25) is 0 Å². The van der Waals surface area contributed by atoms with Crippen molar-refractivity contribution in [1.82, 2.24) is 4.90 Å². The van der Waals surface area contributed by atoms with Crippen LogP contribution in [-0.2, 0) is 20.8 Å². The number of likely N-dealkylation sites (N-methyl/N-ethyl adjacent to an activating group) is 1. The number of carboxylic acids is 1. The van der Waals surface area contributed by atoms with Crippen molar-refractivity contribution in [3.63, 3.8) is 0 Å². The molecule has 0 aliphatic carbocycles. The molecule has 0 radical (unpaired) electrons. The molecule has 0 aliphatic rings. The van der Waals surface area contributed by atoms with Crippen molar-refractivity contribution in [1.29, 1.82) is 0 Å². The van der Waals surface area contributed by atoms with Crippen molar-refractivity contribution < 1.29 is 32.7 Å². The smallest absolute Gasteiger partial charge is 0.475 e. The predicted octanol–water partition coefficient (Wildman–Crippen LogP) is 2.86. The van der Waals surface area contributed by atoms with Crippen LogP contribution in [-0.4, -0.2) is 65.6 Å². The molecular weight excluding hydrogens is 541 g/mol. The van der Waals surface area contributed by atoms with Crippen molar-refractivity contribution >= 4 is 40.2 Å². The Morgan fingerprint density at radius 1 is 0.976 bits per heavy atom. The van der Waals surface area contributed by atoms with E-state index < -0.39 is 24.2 Å². The number of alkyl halides is 3. The first-order chi connectivity index (χ1) is 19.3. The zero-order valence-corrected chi connectivity index (χ0v) is 22.3. The first kappa shape index (κ1) is 32.6. The minimum absolute atomic E-state index is 0.00789. The molecule has 0 fully saturated rings. The van der Waals surface area contributed by atoms with Crippen LogP contribution in [0.1, 0.15) is 18.4 Å². The molecule has 10 nitrogen and oxygen atoms in total. The molecule has 0 unspecified atom stereocenters. The van der Waals surface area contributed by atoms with E-state index in [1.165, 1.54) is 4.90 Å². The number of nitrogens with zero attached hydrogens (tertiary/aromatic N) is 2. The van der Waals surface area contributed by atoms with Crippen molar-refractivity contribution in [2.75, 3.05) is 18.9 Å². The van der Waals surface area contributed by atoms with Crippen molar-refractivity contribution in [2.45, 2.75) is 37.5 Å². The third kappa shape index (κ3) is 10.8. The topological polar surface area (TPSA) is 177 Å². The van der Waals surface area contributed by atoms with E-state index >= 15 is 0 Å².